The third kappa shape index (κ3) is 3.84. The zero-order chi connectivity index (χ0) is 27.9. The number of carbonyl (C=O) groups is 1. The lowest BCUT2D eigenvalue weighted by Crippen LogP contribution is -2.26. The molecule has 5 aromatic rings. The van der Waals surface area contributed by atoms with E-state index in [2.05, 4.69) is 25.3 Å². The quantitative estimate of drug-likeness (QED) is 0.280. The third-order valence-corrected chi connectivity index (χ3v) is 7.94. The van der Waals surface area contributed by atoms with E-state index in [-0.39, 0.29) is 45.5 Å². The Hall–Kier alpha value is -4.35. The van der Waals surface area contributed by atoms with Gasteiger partial charge in [0.1, 0.15) is 16.7 Å². The van der Waals surface area contributed by atoms with Crippen LogP contribution in [0.5, 0.6) is 0 Å². The molecule has 0 radical (unpaired) electrons. The number of fused-ring (bicyclic) bond motifs is 3. The first-order chi connectivity index (χ1) is 19.2. The van der Waals surface area contributed by atoms with Crippen molar-refractivity contribution in [3.8, 4) is 28.1 Å². The molecule has 3 atom stereocenters. The van der Waals surface area contributed by atoms with E-state index >= 15 is 0 Å². The molecule has 7 rings (SSSR count). The van der Waals surface area contributed by atoms with E-state index in [0.717, 1.165) is 12.1 Å². The van der Waals surface area contributed by atoms with Crippen molar-refractivity contribution >= 4 is 29.2 Å². The normalized spacial score (nSPS) is 18.9. The van der Waals surface area contributed by atoms with Crippen LogP contribution in [-0.2, 0) is 0 Å². The van der Waals surface area contributed by atoms with Crippen molar-refractivity contribution in [2.45, 2.75) is 25.3 Å². The zero-order valence-corrected chi connectivity index (χ0v) is 22.2. The van der Waals surface area contributed by atoms with Crippen LogP contribution in [0.4, 0.5) is 4.39 Å². The second-order valence-corrected chi connectivity index (χ2v) is 10.7. The van der Waals surface area contributed by atoms with Gasteiger partial charge in [-0.2, -0.15) is 4.39 Å². The molecule has 0 amide bonds. The van der Waals surface area contributed by atoms with E-state index in [0.29, 0.717) is 33.4 Å². The van der Waals surface area contributed by atoms with Crippen LogP contribution >= 0.6 is 23.2 Å². The molecule has 1 fully saturated rings. The van der Waals surface area contributed by atoms with E-state index in [1.54, 1.807) is 41.8 Å². The molecule has 0 saturated heterocycles. The van der Waals surface area contributed by atoms with Crippen LogP contribution in [-0.4, -0.2) is 45.6 Å². The number of nitrogens with zero attached hydrogens (tertiary/aromatic N) is 6. The fourth-order valence-electron chi connectivity index (χ4n) is 5.57. The number of aromatic carboxylic acids is 1. The molecular formula is C27H18Cl2FN7O3. The molecule has 1 aromatic carbocycles. The van der Waals surface area contributed by atoms with Crippen LogP contribution in [0.3, 0.4) is 0 Å². The van der Waals surface area contributed by atoms with Gasteiger partial charge in [0.05, 0.1) is 23.5 Å². The summed E-state index contributed by atoms with van der Waals surface area (Å²) in [4.78, 5) is 36.5. The minimum atomic E-state index is -1.20. The number of halogens is 3. The van der Waals surface area contributed by atoms with Crippen LogP contribution in [0.1, 0.15) is 46.1 Å². The maximum absolute atomic E-state index is 14.6. The molecular weight excluding hydrogens is 560 g/mol. The number of benzene rings is 1. The highest BCUT2D eigenvalue weighted by Gasteiger charge is 2.54. The Morgan fingerprint density at radius 2 is 1.95 bits per heavy atom. The van der Waals surface area contributed by atoms with Crippen molar-refractivity contribution in [3.05, 3.63) is 98.0 Å². The van der Waals surface area contributed by atoms with E-state index in [4.69, 9.17) is 23.2 Å². The average Bonchev–Trinajstić information content (AvgIpc) is 3.21. The summed E-state index contributed by atoms with van der Waals surface area (Å²) in [5.41, 5.74) is 3.06. The van der Waals surface area contributed by atoms with Crippen LogP contribution in [0.2, 0.25) is 10.2 Å². The largest absolute Gasteiger partial charge is 0.476 e. The first kappa shape index (κ1) is 24.7. The molecule has 3 unspecified atom stereocenters. The zero-order valence-electron chi connectivity index (χ0n) is 20.6. The predicted octanol–water partition coefficient (Wildman–Crippen LogP) is 5.04. The molecule has 1 aliphatic heterocycles. The maximum Gasteiger partial charge on any atom is 0.358 e. The van der Waals surface area contributed by atoms with Gasteiger partial charge in [0.2, 0.25) is 5.95 Å². The third-order valence-electron chi connectivity index (χ3n) is 7.43. The Morgan fingerprint density at radius 1 is 1.12 bits per heavy atom. The molecule has 4 aromatic heterocycles. The molecule has 1 aliphatic carbocycles. The summed E-state index contributed by atoms with van der Waals surface area (Å²) in [5, 5.41) is 17.5. The summed E-state index contributed by atoms with van der Waals surface area (Å²) < 4.78 is 17.6. The summed E-state index contributed by atoms with van der Waals surface area (Å²) in [7, 11) is 0. The minimum absolute atomic E-state index is 0.131. The summed E-state index contributed by atoms with van der Waals surface area (Å²) in [6.07, 6.45) is 2.15. The van der Waals surface area contributed by atoms with Gasteiger partial charge in [0, 0.05) is 34.0 Å². The maximum atomic E-state index is 14.6. The second-order valence-electron chi connectivity index (χ2n) is 9.92. The van der Waals surface area contributed by atoms with Crippen LogP contribution in [0.15, 0.2) is 53.5 Å². The van der Waals surface area contributed by atoms with Crippen LogP contribution in [0.25, 0.3) is 28.1 Å². The van der Waals surface area contributed by atoms with Crippen molar-refractivity contribution in [2.75, 3.05) is 0 Å². The Labute approximate surface area is 235 Å². The van der Waals surface area contributed by atoms with Gasteiger partial charge in [-0.05, 0) is 61.2 Å². The van der Waals surface area contributed by atoms with Crippen molar-refractivity contribution in [2.24, 2.45) is 5.92 Å². The molecule has 1 saturated carbocycles. The van der Waals surface area contributed by atoms with Gasteiger partial charge < -0.3 is 14.7 Å². The minimum Gasteiger partial charge on any atom is -0.476 e. The van der Waals surface area contributed by atoms with Gasteiger partial charge >= 0.3 is 5.97 Å². The first-order valence-electron chi connectivity index (χ1n) is 12.3. The number of aryl methyl sites for hydroxylation is 1. The van der Waals surface area contributed by atoms with Crippen molar-refractivity contribution in [1.29, 1.82) is 0 Å². The average molecular weight is 578 g/mol. The van der Waals surface area contributed by atoms with Gasteiger partial charge in [-0.15, -0.1) is 5.10 Å². The van der Waals surface area contributed by atoms with E-state index in [9.17, 15) is 19.1 Å². The SMILES string of the molecule is Cc1ccc(-c2nc(C3C4CC4c4cc(-c5cc(Cl)ccc5-n5cc(C(=O)O)nn5)cc(=O)n43)[nH]c2Cl)c(F)n1. The topological polar surface area (TPSA) is 132 Å². The number of pyridine rings is 2. The monoisotopic (exact) mass is 577 g/mol. The fourth-order valence-corrected chi connectivity index (χ4v) is 5.98. The number of nitrogens with one attached hydrogen (secondary N) is 1. The molecule has 13 heteroatoms. The van der Waals surface area contributed by atoms with Gasteiger partial charge in [0.15, 0.2) is 5.69 Å². The number of aromatic nitrogens is 7. The van der Waals surface area contributed by atoms with E-state index in [1.807, 2.05) is 6.07 Å². The number of imidazole rings is 1. The second kappa shape index (κ2) is 8.83. The van der Waals surface area contributed by atoms with E-state index in [1.165, 1.54) is 16.9 Å². The molecule has 2 aliphatic rings. The Morgan fingerprint density at radius 3 is 2.70 bits per heavy atom. The highest BCUT2D eigenvalue weighted by molar-refractivity contribution is 6.32. The number of rotatable bonds is 5. The van der Waals surface area contributed by atoms with Crippen LogP contribution in [0, 0.1) is 18.8 Å². The number of carboxylic acid groups (broad SMARTS) is 1. The lowest BCUT2D eigenvalue weighted by molar-refractivity contribution is 0.0690. The highest BCUT2D eigenvalue weighted by atomic mass is 35.5. The molecule has 10 nitrogen and oxygen atoms in total. The molecule has 40 heavy (non-hydrogen) atoms. The van der Waals surface area contributed by atoms with Crippen molar-refractivity contribution < 1.29 is 14.3 Å². The summed E-state index contributed by atoms with van der Waals surface area (Å²) in [6.45, 7) is 1.69. The lowest BCUT2D eigenvalue weighted by atomic mass is 10.0. The van der Waals surface area contributed by atoms with E-state index < -0.39 is 11.9 Å². The van der Waals surface area contributed by atoms with Gasteiger partial charge in [0.25, 0.3) is 5.56 Å². The fraction of sp³-hybridized carbons (Fsp3) is 0.185. The molecule has 5 heterocycles. The lowest BCUT2D eigenvalue weighted by Gasteiger charge is -2.18. The predicted molar refractivity (Wildman–Crippen MR) is 144 cm³/mol. The van der Waals surface area contributed by atoms with Crippen molar-refractivity contribution in [3.63, 3.8) is 0 Å². The van der Waals surface area contributed by atoms with Crippen molar-refractivity contribution in [1.82, 2.24) is 34.5 Å². The smallest absolute Gasteiger partial charge is 0.358 e. The molecule has 200 valence electrons. The standard InChI is InChI=1S/C27H18Cl2FN7O3/c1-11-2-4-14(25(30)31-11)22-24(29)33-26(32-22)23-17-9-16(17)20-6-12(7-21(38)37(20)23)15-8-13(28)3-5-19(15)36-10-18(27(39)40)34-35-36/h2-8,10,16-17,23H,9H2,1H3,(H,32,33)(H,39,40). The molecule has 0 bridgehead atoms. The molecule has 0 spiro atoms. The summed E-state index contributed by atoms with van der Waals surface area (Å²) >= 11 is 12.8. The number of hydrogen-bond acceptors (Lipinski definition) is 6. The number of H-pyrrole nitrogens is 1. The van der Waals surface area contributed by atoms with Crippen LogP contribution < -0.4 is 5.56 Å². The summed E-state index contributed by atoms with van der Waals surface area (Å²) in [6, 6.07) is 11.4. The van der Waals surface area contributed by atoms with Gasteiger partial charge in [-0.1, -0.05) is 28.4 Å². The summed E-state index contributed by atoms with van der Waals surface area (Å²) in [5.74, 6) is -1.13. The number of carboxylic acids is 1. The first-order valence-corrected chi connectivity index (χ1v) is 13.1. The molecule has 2 N–H and O–H groups in total. The number of hydrogen-bond donors (Lipinski definition) is 2. The highest BCUT2D eigenvalue weighted by Crippen LogP contribution is 2.60. The Balaban J connectivity index is 1.31. The van der Waals surface area contributed by atoms with Gasteiger partial charge in [-0.25, -0.2) is 19.4 Å². The Bertz CT molecular complexity index is 1930. The van der Waals surface area contributed by atoms with Gasteiger partial charge in [-0.3, -0.25) is 4.79 Å². The number of aromatic amines is 1. The Kier molecular flexibility index (Phi) is 5.45.